The second-order valence-corrected chi connectivity index (χ2v) is 8.36. The molecule has 4 rings (SSSR count). The minimum atomic E-state index is -0.0742. The fourth-order valence-corrected chi connectivity index (χ4v) is 4.46. The first kappa shape index (κ1) is 20.6. The van der Waals surface area contributed by atoms with Gasteiger partial charge in [-0.1, -0.05) is 30.3 Å². The van der Waals surface area contributed by atoms with Crippen LogP contribution in [0.2, 0.25) is 0 Å². The van der Waals surface area contributed by atoms with Gasteiger partial charge in [0.2, 0.25) is 0 Å². The molecule has 3 aromatic rings. The normalized spacial score (nSPS) is 15.2. The standard InChI is InChI=1S/C22H26N6OS/c1-17-19(30-22(26-17)20-23-8-5-9-24-20)21(29)25-10-11-27-12-14-28(15-13-27)16-18-6-3-2-4-7-18/h2-9H,10-16H2,1H3,(H,25,29). The van der Waals surface area contributed by atoms with Crippen molar-refractivity contribution in [3.63, 3.8) is 0 Å². The lowest BCUT2D eigenvalue weighted by atomic mass is 10.2. The van der Waals surface area contributed by atoms with Crippen molar-refractivity contribution in [2.24, 2.45) is 0 Å². The van der Waals surface area contributed by atoms with Crippen LogP contribution in [0.4, 0.5) is 0 Å². The lowest BCUT2D eigenvalue weighted by Crippen LogP contribution is -2.48. The number of hydrogen-bond acceptors (Lipinski definition) is 7. The number of nitrogens with one attached hydrogen (secondary N) is 1. The monoisotopic (exact) mass is 422 g/mol. The zero-order valence-electron chi connectivity index (χ0n) is 17.1. The number of amides is 1. The molecule has 0 bridgehead atoms. The van der Waals surface area contributed by atoms with Crippen molar-refractivity contribution >= 4 is 17.2 Å². The van der Waals surface area contributed by atoms with E-state index in [1.54, 1.807) is 18.5 Å². The first-order valence-electron chi connectivity index (χ1n) is 10.2. The van der Waals surface area contributed by atoms with Gasteiger partial charge >= 0.3 is 0 Å². The Kier molecular flexibility index (Phi) is 6.78. The highest BCUT2D eigenvalue weighted by Gasteiger charge is 2.19. The molecule has 0 aliphatic carbocycles. The maximum atomic E-state index is 12.6. The first-order chi connectivity index (χ1) is 14.7. The van der Waals surface area contributed by atoms with Crippen LogP contribution >= 0.6 is 11.3 Å². The summed E-state index contributed by atoms with van der Waals surface area (Å²) < 4.78 is 0. The number of thiazole rings is 1. The van der Waals surface area contributed by atoms with Crippen molar-refractivity contribution in [2.75, 3.05) is 39.3 Å². The smallest absolute Gasteiger partial charge is 0.263 e. The van der Waals surface area contributed by atoms with E-state index < -0.39 is 0 Å². The number of aryl methyl sites for hydroxylation is 1. The highest BCUT2D eigenvalue weighted by atomic mass is 32.1. The van der Waals surface area contributed by atoms with Crippen molar-refractivity contribution in [3.8, 4) is 10.8 Å². The average molecular weight is 423 g/mol. The quantitative estimate of drug-likeness (QED) is 0.631. The fraction of sp³-hybridized carbons (Fsp3) is 0.364. The summed E-state index contributed by atoms with van der Waals surface area (Å²) in [5, 5.41) is 3.71. The Morgan fingerprint density at radius 2 is 1.73 bits per heavy atom. The minimum absolute atomic E-state index is 0.0742. The summed E-state index contributed by atoms with van der Waals surface area (Å²) >= 11 is 1.34. The maximum Gasteiger partial charge on any atom is 0.263 e. The van der Waals surface area contributed by atoms with E-state index in [0.717, 1.165) is 45.0 Å². The molecule has 3 heterocycles. The van der Waals surface area contributed by atoms with E-state index in [9.17, 15) is 4.79 Å². The van der Waals surface area contributed by atoms with Gasteiger partial charge in [-0.15, -0.1) is 11.3 Å². The van der Waals surface area contributed by atoms with Crippen molar-refractivity contribution < 1.29 is 4.79 Å². The van der Waals surface area contributed by atoms with Crippen LogP contribution < -0.4 is 5.32 Å². The Hall–Kier alpha value is -2.68. The summed E-state index contributed by atoms with van der Waals surface area (Å²) in [6.45, 7) is 8.50. The van der Waals surface area contributed by atoms with E-state index in [1.807, 2.05) is 6.92 Å². The van der Waals surface area contributed by atoms with Crippen molar-refractivity contribution in [1.29, 1.82) is 0 Å². The average Bonchev–Trinajstić information content (AvgIpc) is 3.18. The molecule has 1 aromatic carbocycles. The van der Waals surface area contributed by atoms with Gasteiger partial charge in [0.25, 0.3) is 5.91 Å². The Morgan fingerprint density at radius 1 is 1.03 bits per heavy atom. The van der Waals surface area contributed by atoms with Crippen molar-refractivity contribution in [1.82, 2.24) is 30.1 Å². The van der Waals surface area contributed by atoms with Gasteiger partial charge in [-0.3, -0.25) is 14.6 Å². The summed E-state index contributed by atoms with van der Waals surface area (Å²) in [6, 6.07) is 12.4. The fourth-order valence-electron chi connectivity index (χ4n) is 3.53. The van der Waals surface area contributed by atoms with Crippen LogP contribution in [0.1, 0.15) is 20.9 Å². The van der Waals surface area contributed by atoms with Crippen LogP contribution in [0.15, 0.2) is 48.8 Å². The van der Waals surface area contributed by atoms with E-state index in [1.165, 1.54) is 16.9 Å². The zero-order chi connectivity index (χ0) is 20.8. The Balaban J connectivity index is 1.22. The van der Waals surface area contributed by atoms with Gasteiger partial charge in [0.1, 0.15) is 4.88 Å². The summed E-state index contributed by atoms with van der Waals surface area (Å²) in [5.74, 6) is 0.480. The summed E-state index contributed by atoms with van der Waals surface area (Å²) in [4.78, 5) is 31.0. The number of rotatable bonds is 7. The van der Waals surface area contributed by atoms with Gasteiger partial charge in [0, 0.05) is 58.2 Å². The third kappa shape index (κ3) is 5.27. The SMILES string of the molecule is Cc1nc(-c2ncccn2)sc1C(=O)NCCN1CCN(Cc2ccccc2)CC1. The molecule has 156 valence electrons. The van der Waals surface area contributed by atoms with Gasteiger partial charge in [-0.2, -0.15) is 0 Å². The molecule has 2 aromatic heterocycles. The topological polar surface area (TPSA) is 74.2 Å². The van der Waals surface area contributed by atoms with Gasteiger partial charge in [-0.25, -0.2) is 15.0 Å². The van der Waals surface area contributed by atoms with Gasteiger partial charge in [0.15, 0.2) is 10.8 Å². The Bertz CT molecular complexity index is 954. The van der Waals surface area contributed by atoms with Crippen molar-refractivity contribution in [2.45, 2.75) is 13.5 Å². The molecule has 0 radical (unpaired) electrons. The molecular weight excluding hydrogens is 396 g/mol. The Morgan fingerprint density at radius 3 is 2.47 bits per heavy atom. The molecule has 8 heteroatoms. The van der Waals surface area contributed by atoms with Gasteiger partial charge in [-0.05, 0) is 18.6 Å². The predicted molar refractivity (Wildman–Crippen MR) is 118 cm³/mol. The summed E-state index contributed by atoms with van der Waals surface area (Å²) in [7, 11) is 0. The highest BCUT2D eigenvalue weighted by molar-refractivity contribution is 7.17. The minimum Gasteiger partial charge on any atom is -0.350 e. The van der Waals surface area contributed by atoms with Crippen LogP contribution in [0.5, 0.6) is 0 Å². The molecule has 1 saturated heterocycles. The van der Waals surface area contributed by atoms with Crippen molar-refractivity contribution in [3.05, 3.63) is 64.9 Å². The summed E-state index contributed by atoms with van der Waals surface area (Å²) in [6.07, 6.45) is 3.36. The van der Waals surface area contributed by atoms with Crippen LogP contribution in [-0.2, 0) is 6.54 Å². The van der Waals surface area contributed by atoms with E-state index in [4.69, 9.17) is 0 Å². The van der Waals surface area contributed by atoms with Crippen LogP contribution in [0.25, 0.3) is 10.8 Å². The second-order valence-electron chi connectivity index (χ2n) is 7.37. The molecule has 1 fully saturated rings. The second kappa shape index (κ2) is 9.88. The molecule has 0 atom stereocenters. The van der Waals surface area contributed by atoms with E-state index in [-0.39, 0.29) is 5.91 Å². The first-order valence-corrected chi connectivity index (χ1v) is 11.0. The number of carbonyl (C=O) groups is 1. The largest absolute Gasteiger partial charge is 0.350 e. The molecular formula is C22H26N6OS. The molecule has 0 spiro atoms. The Labute approximate surface area is 180 Å². The lowest BCUT2D eigenvalue weighted by molar-refractivity contribution is 0.0937. The summed E-state index contributed by atoms with van der Waals surface area (Å²) in [5.41, 5.74) is 2.08. The lowest BCUT2D eigenvalue weighted by Gasteiger charge is -2.34. The molecule has 0 unspecified atom stereocenters. The highest BCUT2D eigenvalue weighted by Crippen LogP contribution is 2.24. The third-order valence-corrected chi connectivity index (χ3v) is 6.34. The molecule has 1 amide bonds. The van der Waals surface area contributed by atoms with Crippen LogP contribution in [0.3, 0.4) is 0 Å². The van der Waals surface area contributed by atoms with E-state index in [2.05, 4.69) is 60.4 Å². The van der Waals surface area contributed by atoms with E-state index >= 15 is 0 Å². The number of hydrogen-bond donors (Lipinski definition) is 1. The molecule has 1 aliphatic heterocycles. The van der Waals surface area contributed by atoms with Crippen LogP contribution in [-0.4, -0.2) is 69.9 Å². The number of nitrogens with zero attached hydrogens (tertiary/aromatic N) is 5. The number of carbonyl (C=O) groups excluding carboxylic acids is 1. The number of benzene rings is 1. The molecule has 1 aliphatic rings. The maximum absolute atomic E-state index is 12.6. The predicted octanol–water partition coefficient (Wildman–Crippen LogP) is 2.46. The van der Waals surface area contributed by atoms with E-state index in [0.29, 0.717) is 22.3 Å². The zero-order valence-corrected chi connectivity index (χ0v) is 17.9. The molecule has 1 N–H and O–H groups in total. The molecule has 0 saturated carbocycles. The molecule has 7 nitrogen and oxygen atoms in total. The molecule has 30 heavy (non-hydrogen) atoms. The van der Waals surface area contributed by atoms with Crippen LogP contribution in [0, 0.1) is 6.92 Å². The van der Waals surface area contributed by atoms with Gasteiger partial charge in [0.05, 0.1) is 5.69 Å². The number of piperazine rings is 1. The van der Waals surface area contributed by atoms with Gasteiger partial charge < -0.3 is 5.32 Å². The number of aromatic nitrogens is 3. The third-order valence-electron chi connectivity index (χ3n) is 5.19.